The van der Waals surface area contributed by atoms with Crippen LogP contribution >= 0.6 is 0 Å². The summed E-state index contributed by atoms with van der Waals surface area (Å²) in [6.07, 6.45) is 9.60. The first-order valence-corrected chi connectivity index (χ1v) is 8.21. The SMILES string of the molecule is O=C(c1ccc2[nH]ccc2c1)N1CCC[C@@H]1C1CCCC1. The van der Waals surface area contributed by atoms with Crippen molar-refractivity contribution in [3.8, 4) is 0 Å². The Morgan fingerprint density at radius 3 is 2.81 bits per heavy atom. The number of nitrogens with zero attached hydrogens (tertiary/aromatic N) is 1. The van der Waals surface area contributed by atoms with Crippen LogP contribution in [0.15, 0.2) is 30.5 Å². The van der Waals surface area contributed by atoms with Gasteiger partial charge >= 0.3 is 0 Å². The van der Waals surface area contributed by atoms with Crippen molar-refractivity contribution < 1.29 is 4.79 Å². The van der Waals surface area contributed by atoms with Gasteiger partial charge in [0.25, 0.3) is 5.91 Å². The lowest BCUT2D eigenvalue weighted by Crippen LogP contribution is -2.39. The van der Waals surface area contributed by atoms with E-state index in [1.54, 1.807) is 0 Å². The second-order valence-electron chi connectivity index (χ2n) is 6.53. The second kappa shape index (κ2) is 5.21. The number of H-pyrrole nitrogens is 1. The normalized spacial score (nSPS) is 23.2. The number of aromatic amines is 1. The number of carbonyl (C=O) groups excluding carboxylic acids is 1. The molecule has 1 aliphatic heterocycles. The molecule has 2 aromatic rings. The van der Waals surface area contributed by atoms with Gasteiger partial charge in [-0.1, -0.05) is 12.8 Å². The van der Waals surface area contributed by atoms with Gasteiger partial charge in [-0.25, -0.2) is 0 Å². The third-order valence-electron chi connectivity index (χ3n) is 5.30. The lowest BCUT2D eigenvalue weighted by Gasteiger charge is -2.29. The Labute approximate surface area is 125 Å². The van der Waals surface area contributed by atoms with Crippen molar-refractivity contribution in [1.29, 1.82) is 0 Å². The Balaban J connectivity index is 1.60. The number of hydrogen-bond acceptors (Lipinski definition) is 1. The third-order valence-corrected chi connectivity index (χ3v) is 5.30. The molecule has 0 bridgehead atoms. The first kappa shape index (κ1) is 12.9. The molecular formula is C18H22N2O. The first-order valence-electron chi connectivity index (χ1n) is 8.21. The molecule has 1 saturated heterocycles. The average Bonchev–Trinajstić information content (AvgIpc) is 3.24. The van der Waals surface area contributed by atoms with Crippen molar-refractivity contribution in [2.24, 2.45) is 5.92 Å². The Morgan fingerprint density at radius 2 is 1.95 bits per heavy atom. The molecule has 1 N–H and O–H groups in total. The van der Waals surface area contributed by atoms with Crippen molar-refractivity contribution >= 4 is 16.8 Å². The molecule has 0 unspecified atom stereocenters. The van der Waals surface area contributed by atoms with Crippen molar-refractivity contribution in [2.45, 2.75) is 44.6 Å². The standard InChI is InChI=1S/C18H22N2O/c21-18(15-7-8-16-14(12-15)9-10-19-16)20-11-3-6-17(20)13-4-1-2-5-13/h7-10,12-13,17,19H,1-6,11H2/t17-/m1/s1. The minimum absolute atomic E-state index is 0.229. The van der Waals surface area contributed by atoms with E-state index in [0.29, 0.717) is 6.04 Å². The minimum Gasteiger partial charge on any atom is -0.361 e. The Bertz CT molecular complexity index is 654. The second-order valence-corrected chi connectivity index (χ2v) is 6.53. The quantitative estimate of drug-likeness (QED) is 0.889. The molecule has 3 heteroatoms. The van der Waals surface area contributed by atoms with E-state index in [1.165, 1.54) is 38.5 Å². The third kappa shape index (κ3) is 2.25. The zero-order chi connectivity index (χ0) is 14.2. The molecular weight excluding hydrogens is 260 g/mol. The fourth-order valence-electron chi connectivity index (χ4n) is 4.23. The van der Waals surface area contributed by atoms with Crippen LogP contribution in [0.25, 0.3) is 10.9 Å². The number of likely N-dealkylation sites (tertiary alicyclic amines) is 1. The van der Waals surface area contributed by atoms with Gasteiger partial charge < -0.3 is 9.88 Å². The summed E-state index contributed by atoms with van der Waals surface area (Å²) >= 11 is 0. The van der Waals surface area contributed by atoms with Gasteiger partial charge in [-0.3, -0.25) is 4.79 Å². The highest BCUT2D eigenvalue weighted by Gasteiger charge is 2.36. The summed E-state index contributed by atoms with van der Waals surface area (Å²) in [6, 6.07) is 8.53. The van der Waals surface area contributed by atoms with E-state index < -0.39 is 0 Å². The summed E-state index contributed by atoms with van der Waals surface area (Å²) in [6.45, 7) is 0.936. The Hall–Kier alpha value is -1.77. The highest BCUT2D eigenvalue weighted by molar-refractivity contribution is 5.98. The molecule has 2 aliphatic rings. The summed E-state index contributed by atoms with van der Waals surface area (Å²) < 4.78 is 0. The summed E-state index contributed by atoms with van der Waals surface area (Å²) in [4.78, 5) is 18.2. The number of nitrogens with one attached hydrogen (secondary N) is 1. The molecule has 1 aromatic carbocycles. The van der Waals surface area contributed by atoms with Crippen LogP contribution in [0.3, 0.4) is 0 Å². The van der Waals surface area contributed by atoms with E-state index in [-0.39, 0.29) is 5.91 Å². The maximum absolute atomic E-state index is 12.9. The van der Waals surface area contributed by atoms with Gasteiger partial charge in [-0.05, 0) is 55.9 Å². The van der Waals surface area contributed by atoms with Crippen LogP contribution in [0.5, 0.6) is 0 Å². The molecule has 110 valence electrons. The number of fused-ring (bicyclic) bond motifs is 1. The molecule has 2 fully saturated rings. The van der Waals surface area contributed by atoms with Gasteiger partial charge in [0.15, 0.2) is 0 Å². The summed E-state index contributed by atoms with van der Waals surface area (Å²) in [7, 11) is 0. The van der Waals surface area contributed by atoms with E-state index in [9.17, 15) is 4.79 Å². The number of carbonyl (C=O) groups is 1. The highest BCUT2D eigenvalue weighted by atomic mass is 16.2. The lowest BCUT2D eigenvalue weighted by molar-refractivity contribution is 0.0689. The van der Waals surface area contributed by atoms with Crippen LogP contribution in [0.4, 0.5) is 0 Å². The zero-order valence-corrected chi connectivity index (χ0v) is 12.3. The average molecular weight is 282 g/mol. The van der Waals surface area contributed by atoms with Gasteiger partial charge in [-0.15, -0.1) is 0 Å². The van der Waals surface area contributed by atoms with Crippen molar-refractivity contribution in [3.05, 3.63) is 36.0 Å². The number of aromatic nitrogens is 1. The van der Waals surface area contributed by atoms with Crippen LogP contribution < -0.4 is 0 Å². The molecule has 1 aromatic heterocycles. The van der Waals surface area contributed by atoms with E-state index >= 15 is 0 Å². The smallest absolute Gasteiger partial charge is 0.254 e. The van der Waals surface area contributed by atoms with Crippen molar-refractivity contribution in [1.82, 2.24) is 9.88 Å². The van der Waals surface area contributed by atoms with Gasteiger partial charge in [-0.2, -0.15) is 0 Å². The van der Waals surface area contributed by atoms with Crippen LogP contribution in [-0.2, 0) is 0 Å². The molecule has 1 amide bonds. The number of hydrogen-bond donors (Lipinski definition) is 1. The van der Waals surface area contributed by atoms with Gasteiger partial charge in [0.05, 0.1) is 0 Å². The summed E-state index contributed by atoms with van der Waals surface area (Å²) in [5, 5.41) is 1.12. The largest absolute Gasteiger partial charge is 0.361 e. The van der Waals surface area contributed by atoms with Crippen LogP contribution in [0, 0.1) is 5.92 Å². The molecule has 3 nitrogen and oxygen atoms in total. The monoisotopic (exact) mass is 282 g/mol. The molecule has 2 heterocycles. The highest BCUT2D eigenvalue weighted by Crippen LogP contribution is 2.36. The molecule has 4 rings (SSSR count). The fourth-order valence-corrected chi connectivity index (χ4v) is 4.23. The van der Waals surface area contributed by atoms with Gasteiger partial charge in [0.1, 0.15) is 0 Å². The number of benzene rings is 1. The number of amides is 1. The van der Waals surface area contributed by atoms with Crippen LogP contribution in [0.2, 0.25) is 0 Å². The van der Waals surface area contributed by atoms with Gasteiger partial charge in [0.2, 0.25) is 0 Å². The predicted molar refractivity (Wildman–Crippen MR) is 84.3 cm³/mol. The molecule has 1 atom stereocenters. The Morgan fingerprint density at radius 1 is 1.10 bits per heavy atom. The topological polar surface area (TPSA) is 36.1 Å². The van der Waals surface area contributed by atoms with Crippen molar-refractivity contribution in [2.75, 3.05) is 6.54 Å². The molecule has 1 saturated carbocycles. The van der Waals surface area contributed by atoms with Gasteiger partial charge in [0, 0.05) is 35.2 Å². The Kier molecular flexibility index (Phi) is 3.21. The van der Waals surface area contributed by atoms with E-state index in [0.717, 1.165) is 28.9 Å². The molecule has 0 radical (unpaired) electrons. The maximum Gasteiger partial charge on any atom is 0.254 e. The molecule has 0 spiro atoms. The van der Waals surface area contributed by atoms with Crippen LogP contribution in [-0.4, -0.2) is 28.4 Å². The minimum atomic E-state index is 0.229. The molecule has 21 heavy (non-hydrogen) atoms. The maximum atomic E-state index is 12.9. The lowest BCUT2D eigenvalue weighted by atomic mass is 9.95. The summed E-state index contributed by atoms with van der Waals surface area (Å²) in [5.74, 6) is 0.972. The fraction of sp³-hybridized carbons (Fsp3) is 0.500. The first-order chi connectivity index (χ1) is 10.3. The van der Waals surface area contributed by atoms with Crippen LogP contribution in [0.1, 0.15) is 48.9 Å². The summed E-state index contributed by atoms with van der Waals surface area (Å²) in [5.41, 5.74) is 1.94. The van der Waals surface area contributed by atoms with E-state index in [2.05, 4.69) is 9.88 Å². The van der Waals surface area contributed by atoms with E-state index in [1.807, 2.05) is 30.5 Å². The van der Waals surface area contributed by atoms with Crippen molar-refractivity contribution in [3.63, 3.8) is 0 Å². The molecule has 1 aliphatic carbocycles. The zero-order valence-electron chi connectivity index (χ0n) is 12.3. The predicted octanol–water partition coefficient (Wildman–Crippen LogP) is 3.96. The van der Waals surface area contributed by atoms with E-state index in [4.69, 9.17) is 0 Å². The number of rotatable bonds is 2.